The van der Waals surface area contributed by atoms with Gasteiger partial charge in [0.15, 0.2) is 0 Å². The van der Waals surface area contributed by atoms with Gasteiger partial charge in [-0.1, -0.05) is 42.5 Å². The van der Waals surface area contributed by atoms with Crippen LogP contribution in [0.4, 0.5) is 11.4 Å². The van der Waals surface area contributed by atoms with Gasteiger partial charge in [0.05, 0.1) is 24.3 Å². The molecule has 174 valence electrons. The fraction of sp³-hybridized carbons (Fsp3) is 0.222. The number of ether oxygens (including phenoxy) is 1. The molecule has 7 heteroatoms. The van der Waals surface area contributed by atoms with E-state index in [0.29, 0.717) is 24.3 Å². The van der Waals surface area contributed by atoms with Gasteiger partial charge in [-0.25, -0.2) is 0 Å². The van der Waals surface area contributed by atoms with Crippen LogP contribution in [-0.2, 0) is 16.1 Å². The molecular formula is C27H27N3O4. The molecule has 3 aromatic rings. The zero-order valence-corrected chi connectivity index (χ0v) is 19.2. The normalized spacial score (nSPS) is 15.2. The Bertz CT molecular complexity index is 1210. The number of benzene rings is 3. The number of para-hydroxylation sites is 2. The van der Waals surface area contributed by atoms with E-state index < -0.39 is 5.92 Å². The van der Waals surface area contributed by atoms with Gasteiger partial charge in [-0.2, -0.15) is 0 Å². The summed E-state index contributed by atoms with van der Waals surface area (Å²) in [6.45, 7) is 2.59. The molecule has 1 aliphatic rings. The van der Waals surface area contributed by atoms with Crippen LogP contribution in [0.5, 0.6) is 5.75 Å². The number of hydrogen-bond acceptors (Lipinski definition) is 4. The molecule has 4 rings (SSSR count). The second kappa shape index (κ2) is 10.2. The SMILES string of the molecule is COc1ccc(CNC(=O)c2ccccc2NC(=O)[C@H]2CC(=O)N(c3ccccc3C)C2)cc1. The number of carbonyl (C=O) groups is 3. The van der Waals surface area contributed by atoms with Crippen molar-refractivity contribution < 1.29 is 19.1 Å². The van der Waals surface area contributed by atoms with Gasteiger partial charge in [0, 0.05) is 25.2 Å². The van der Waals surface area contributed by atoms with Crippen molar-refractivity contribution in [2.75, 3.05) is 23.9 Å². The third-order valence-electron chi connectivity index (χ3n) is 5.94. The molecular weight excluding hydrogens is 430 g/mol. The molecule has 3 amide bonds. The first-order valence-corrected chi connectivity index (χ1v) is 11.1. The molecule has 7 nitrogen and oxygen atoms in total. The van der Waals surface area contributed by atoms with Crippen molar-refractivity contribution in [1.82, 2.24) is 5.32 Å². The Labute approximate surface area is 198 Å². The Morgan fingerprint density at radius 1 is 1.00 bits per heavy atom. The molecule has 0 spiro atoms. The van der Waals surface area contributed by atoms with Gasteiger partial charge in [0.2, 0.25) is 11.8 Å². The summed E-state index contributed by atoms with van der Waals surface area (Å²) in [4.78, 5) is 40.1. The number of methoxy groups -OCH3 is 1. The minimum absolute atomic E-state index is 0.0834. The number of nitrogens with zero attached hydrogens (tertiary/aromatic N) is 1. The highest BCUT2D eigenvalue weighted by molar-refractivity contribution is 6.07. The van der Waals surface area contributed by atoms with E-state index in [1.807, 2.05) is 55.5 Å². The highest BCUT2D eigenvalue weighted by atomic mass is 16.5. The minimum Gasteiger partial charge on any atom is -0.497 e. The van der Waals surface area contributed by atoms with E-state index in [9.17, 15) is 14.4 Å². The molecule has 34 heavy (non-hydrogen) atoms. The van der Waals surface area contributed by atoms with Crippen LogP contribution < -0.4 is 20.3 Å². The number of carbonyl (C=O) groups excluding carboxylic acids is 3. The predicted molar refractivity (Wildman–Crippen MR) is 131 cm³/mol. The monoisotopic (exact) mass is 457 g/mol. The molecule has 0 radical (unpaired) electrons. The van der Waals surface area contributed by atoms with Crippen LogP contribution in [0.2, 0.25) is 0 Å². The van der Waals surface area contributed by atoms with Crippen molar-refractivity contribution in [3.8, 4) is 5.75 Å². The first-order chi connectivity index (χ1) is 16.5. The van der Waals surface area contributed by atoms with Crippen LogP contribution in [0.3, 0.4) is 0 Å². The largest absolute Gasteiger partial charge is 0.497 e. The van der Waals surface area contributed by atoms with E-state index in [0.717, 1.165) is 22.6 Å². The number of aryl methyl sites for hydroxylation is 1. The first kappa shape index (κ1) is 23.0. The Balaban J connectivity index is 1.41. The lowest BCUT2D eigenvalue weighted by Crippen LogP contribution is -2.29. The van der Waals surface area contributed by atoms with Crippen molar-refractivity contribution in [1.29, 1.82) is 0 Å². The van der Waals surface area contributed by atoms with Crippen molar-refractivity contribution in [2.24, 2.45) is 5.92 Å². The molecule has 0 aliphatic carbocycles. The van der Waals surface area contributed by atoms with Gasteiger partial charge in [-0.05, 0) is 48.4 Å². The fourth-order valence-corrected chi connectivity index (χ4v) is 4.03. The van der Waals surface area contributed by atoms with Crippen LogP contribution in [0.15, 0.2) is 72.8 Å². The quantitative estimate of drug-likeness (QED) is 0.563. The summed E-state index contributed by atoms with van der Waals surface area (Å²) in [6, 6.07) is 21.9. The van der Waals surface area contributed by atoms with E-state index >= 15 is 0 Å². The van der Waals surface area contributed by atoms with Gasteiger partial charge in [0.1, 0.15) is 5.75 Å². The van der Waals surface area contributed by atoms with Crippen LogP contribution in [0, 0.1) is 12.8 Å². The van der Waals surface area contributed by atoms with Gasteiger partial charge in [-0.15, -0.1) is 0 Å². The number of amides is 3. The topological polar surface area (TPSA) is 87.7 Å². The zero-order valence-electron chi connectivity index (χ0n) is 19.2. The lowest BCUT2D eigenvalue weighted by Gasteiger charge is -2.19. The summed E-state index contributed by atoms with van der Waals surface area (Å²) < 4.78 is 5.15. The number of hydrogen-bond donors (Lipinski definition) is 2. The minimum atomic E-state index is -0.498. The van der Waals surface area contributed by atoms with E-state index in [2.05, 4.69) is 10.6 Å². The molecule has 1 aliphatic heterocycles. The molecule has 3 aromatic carbocycles. The van der Waals surface area contributed by atoms with Gasteiger partial charge in [0.25, 0.3) is 5.91 Å². The second-order valence-electron chi connectivity index (χ2n) is 8.26. The molecule has 1 heterocycles. The Kier molecular flexibility index (Phi) is 6.92. The summed E-state index contributed by atoms with van der Waals surface area (Å²) in [5.74, 6) is -0.410. The molecule has 1 atom stereocenters. The smallest absolute Gasteiger partial charge is 0.253 e. The highest BCUT2D eigenvalue weighted by Crippen LogP contribution is 2.28. The predicted octanol–water partition coefficient (Wildman–Crippen LogP) is 3.93. The van der Waals surface area contributed by atoms with E-state index in [-0.39, 0.29) is 24.1 Å². The lowest BCUT2D eigenvalue weighted by atomic mass is 10.1. The summed E-state index contributed by atoms with van der Waals surface area (Å²) >= 11 is 0. The fourth-order valence-electron chi connectivity index (χ4n) is 4.03. The Morgan fingerprint density at radius 2 is 1.71 bits per heavy atom. The number of nitrogens with one attached hydrogen (secondary N) is 2. The van der Waals surface area contributed by atoms with Gasteiger partial charge in [-0.3, -0.25) is 14.4 Å². The van der Waals surface area contributed by atoms with Gasteiger partial charge < -0.3 is 20.3 Å². The zero-order chi connectivity index (χ0) is 24.1. The molecule has 0 aromatic heterocycles. The molecule has 0 bridgehead atoms. The van der Waals surface area contributed by atoms with E-state index in [1.165, 1.54) is 0 Å². The molecule has 1 saturated heterocycles. The van der Waals surface area contributed by atoms with E-state index in [4.69, 9.17) is 4.74 Å². The maximum Gasteiger partial charge on any atom is 0.253 e. The standard InChI is InChI=1S/C27H27N3O4/c1-18-7-3-6-10-24(18)30-17-20(15-25(30)31)26(32)29-23-9-5-4-8-22(23)27(33)28-16-19-11-13-21(34-2)14-12-19/h3-14,20H,15-17H2,1-2H3,(H,28,33)(H,29,32)/t20-/m0/s1. The summed E-state index contributed by atoms with van der Waals surface area (Å²) in [5, 5.41) is 5.74. The number of anilines is 2. The summed E-state index contributed by atoms with van der Waals surface area (Å²) in [6.07, 6.45) is 0.131. The molecule has 2 N–H and O–H groups in total. The van der Waals surface area contributed by atoms with Crippen LogP contribution >= 0.6 is 0 Å². The molecule has 1 fully saturated rings. The molecule has 0 unspecified atom stereocenters. The summed E-state index contributed by atoms with van der Waals surface area (Å²) in [5.41, 5.74) is 3.51. The van der Waals surface area contributed by atoms with Gasteiger partial charge >= 0.3 is 0 Å². The first-order valence-electron chi connectivity index (χ1n) is 11.1. The molecule has 0 saturated carbocycles. The maximum atomic E-state index is 13.0. The Morgan fingerprint density at radius 3 is 2.44 bits per heavy atom. The maximum absolute atomic E-state index is 13.0. The van der Waals surface area contributed by atoms with Crippen molar-refractivity contribution >= 4 is 29.1 Å². The average molecular weight is 458 g/mol. The summed E-state index contributed by atoms with van der Waals surface area (Å²) in [7, 11) is 1.60. The van der Waals surface area contributed by atoms with Crippen LogP contribution in [0.25, 0.3) is 0 Å². The Hall–Kier alpha value is -4.13. The second-order valence-corrected chi connectivity index (χ2v) is 8.26. The number of rotatable bonds is 7. The third-order valence-corrected chi connectivity index (χ3v) is 5.94. The van der Waals surface area contributed by atoms with Crippen LogP contribution in [-0.4, -0.2) is 31.4 Å². The third kappa shape index (κ3) is 5.09. The van der Waals surface area contributed by atoms with Crippen molar-refractivity contribution in [3.05, 3.63) is 89.5 Å². The lowest BCUT2D eigenvalue weighted by molar-refractivity contribution is -0.122. The average Bonchev–Trinajstić information content (AvgIpc) is 3.25. The van der Waals surface area contributed by atoms with Crippen molar-refractivity contribution in [2.45, 2.75) is 19.9 Å². The highest BCUT2D eigenvalue weighted by Gasteiger charge is 2.36. The van der Waals surface area contributed by atoms with E-state index in [1.54, 1.807) is 36.3 Å². The van der Waals surface area contributed by atoms with Crippen molar-refractivity contribution in [3.63, 3.8) is 0 Å². The van der Waals surface area contributed by atoms with Crippen LogP contribution in [0.1, 0.15) is 27.9 Å².